The molecule has 2 aromatic carbocycles. The van der Waals surface area contributed by atoms with E-state index in [2.05, 4.69) is 90.6 Å². The SMILES string of the molecule is Cc1ccc2c(c1)C=CC2.Cc1cccc2c1C=CC2.Cc1cnc2[nH]ccc2c1. The lowest BCUT2D eigenvalue weighted by Crippen LogP contribution is -1.83. The molecule has 0 saturated heterocycles. The van der Waals surface area contributed by atoms with Gasteiger partial charge in [0.2, 0.25) is 0 Å². The molecule has 0 unspecified atom stereocenters. The molecule has 30 heavy (non-hydrogen) atoms. The molecule has 2 aliphatic carbocycles. The summed E-state index contributed by atoms with van der Waals surface area (Å²) in [6.45, 7) is 6.33. The highest BCUT2D eigenvalue weighted by atomic mass is 14.8. The summed E-state index contributed by atoms with van der Waals surface area (Å²) < 4.78 is 0. The van der Waals surface area contributed by atoms with Crippen LogP contribution in [0.25, 0.3) is 23.2 Å². The standard InChI is InChI=1S/2C10H10.C8H8N2/c1-8-4-2-5-9-6-3-7-10(8)9;1-8-5-6-9-3-2-4-10(9)7-8;1-6-4-7-2-3-9-8(7)10-5-6/h2-5,7H,6H2,1H3;2,4-7H,3H2,1H3;2-5H,1H3,(H,9,10). The smallest absolute Gasteiger partial charge is 0.137 e. The highest BCUT2D eigenvalue weighted by Crippen LogP contribution is 2.22. The van der Waals surface area contributed by atoms with Crippen LogP contribution in [0.4, 0.5) is 0 Å². The van der Waals surface area contributed by atoms with Crippen LogP contribution in [0.1, 0.15) is 38.9 Å². The van der Waals surface area contributed by atoms with E-state index >= 15 is 0 Å². The van der Waals surface area contributed by atoms with Crippen LogP contribution in [0.5, 0.6) is 0 Å². The van der Waals surface area contributed by atoms with Gasteiger partial charge >= 0.3 is 0 Å². The van der Waals surface area contributed by atoms with Crippen molar-refractivity contribution in [3.8, 4) is 0 Å². The third-order valence-corrected chi connectivity index (χ3v) is 5.51. The van der Waals surface area contributed by atoms with E-state index in [0.717, 1.165) is 18.5 Å². The number of pyridine rings is 1. The molecule has 0 spiro atoms. The number of fused-ring (bicyclic) bond motifs is 3. The number of aromatic nitrogens is 2. The lowest BCUT2D eigenvalue weighted by molar-refractivity contribution is 1.28. The van der Waals surface area contributed by atoms with Crippen molar-refractivity contribution >= 4 is 23.2 Å². The van der Waals surface area contributed by atoms with Crippen LogP contribution in [0.15, 0.2) is 73.1 Å². The fourth-order valence-electron chi connectivity index (χ4n) is 3.88. The van der Waals surface area contributed by atoms with Gasteiger partial charge in [-0.2, -0.15) is 0 Å². The van der Waals surface area contributed by atoms with Crippen LogP contribution in [-0.2, 0) is 12.8 Å². The van der Waals surface area contributed by atoms with E-state index in [0.29, 0.717) is 0 Å². The van der Waals surface area contributed by atoms with Gasteiger partial charge in [0.15, 0.2) is 0 Å². The van der Waals surface area contributed by atoms with E-state index in [9.17, 15) is 0 Å². The third kappa shape index (κ3) is 4.60. The number of hydrogen-bond donors (Lipinski definition) is 1. The van der Waals surface area contributed by atoms with Crippen LogP contribution in [0.2, 0.25) is 0 Å². The maximum Gasteiger partial charge on any atom is 0.137 e. The summed E-state index contributed by atoms with van der Waals surface area (Å²) in [5.74, 6) is 0. The Morgan fingerprint density at radius 1 is 0.800 bits per heavy atom. The summed E-state index contributed by atoms with van der Waals surface area (Å²) in [6.07, 6.45) is 14.8. The van der Waals surface area contributed by atoms with E-state index < -0.39 is 0 Å². The van der Waals surface area contributed by atoms with Gasteiger partial charge in [-0.3, -0.25) is 0 Å². The van der Waals surface area contributed by atoms with Crippen molar-refractivity contribution in [1.29, 1.82) is 0 Å². The van der Waals surface area contributed by atoms with E-state index in [-0.39, 0.29) is 0 Å². The zero-order valence-electron chi connectivity index (χ0n) is 17.9. The second-order valence-corrected chi connectivity index (χ2v) is 7.99. The predicted octanol–water partition coefficient (Wildman–Crippen LogP) is 7.00. The van der Waals surface area contributed by atoms with Gasteiger partial charge in [-0.05, 0) is 79.1 Å². The molecule has 2 heteroatoms. The van der Waals surface area contributed by atoms with E-state index in [1.165, 1.54) is 44.3 Å². The summed E-state index contributed by atoms with van der Waals surface area (Å²) in [7, 11) is 0. The molecule has 0 amide bonds. The molecular weight excluding hydrogens is 364 g/mol. The van der Waals surface area contributed by atoms with Gasteiger partial charge < -0.3 is 4.98 Å². The first kappa shape index (κ1) is 19.9. The molecule has 150 valence electrons. The number of H-pyrrole nitrogens is 1. The molecule has 0 radical (unpaired) electrons. The lowest BCUT2D eigenvalue weighted by atomic mass is 10.1. The maximum atomic E-state index is 4.19. The van der Waals surface area contributed by atoms with Gasteiger partial charge in [0, 0.05) is 17.8 Å². The normalized spacial score (nSPS) is 12.6. The number of nitrogens with one attached hydrogen (secondary N) is 1. The first-order valence-electron chi connectivity index (χ1n) is 10.5. The number of allylic oxidation sites excluding steroid dienone is 2. The number of aromatic amines is 1. The molecule has 0 fully saturated rings. The monoisotopic (exact) mass is 392 g/mol. The Kier molecular flexibility index (Phi) is 5.94. The Morgan fingerprint density at radius 2 is 1.63 bits per heavy atom. The topological polar surface area (TPSA) is 28.7 Å². The van der Waals surface area contributed by atoms with E-state index in [1.807, 2.05) is 25.4 Å². The van der Waals surface area contributed by atoms with Crippen LogP contribution in [0.3, 0.4) is 0 Å². The average Bonchev–Trinajstić information content (AvgIpc) is 3.49. The predicted molar refractivity (Wildman–Crippen MR) is 129 cm³/mol. The minimum Gasteiger partial charge on any atom is -0.346 e. The van der Waals surface area contributed by atoms with Crippen molar-refractivity contribution < 1.29 is 0 Å². The van der Waals surface area contributed by atoms with Gasteiger partial charge in [-0.25, -0.2) is 4.98 Å². The van der Waals surface area contributed by atoms with Crippen molar-refractivity contribution in [3.63, 3.8) is 0 Å². The van der Waals surface area contributed by atoms with E-state index in [4.69, 9.17) is 0 Å². The molecule has 6 rings (SSSR count). The van der Waals surface area contributed by atoms with E-state index in [1.54, 1.807) is 0 Å². The Balaban J connectivity index is 0.000000109. The zero-order chi connectivity index (χ0) is 20.9. The number of hydrogen-bond acceptors (Lipinski definition) is 1. The molecule has 0 saturated carbocycles. The Hall–Kier alpha value is -3.39. The quantitative estimate of drug-likeness (QED) is 0.343. The Labute approximate surface area is 179 Å². The Morgan fingerprint density at radius 3 is 2.50 bits per heavy atom. The number of rotatable bonds is 0. The first-order valence-corrected chi connectivity index (χ1v) is 10.5. The van der Waals surface area contributed by atoms with Crippen molar-refractivity contribution in [3.05, 3.63) is 112 Å². The van der Waals surface area contributed by atoms with Crippen LogP contribution in [0, 0.1) is 20.8 Å². The second kappa shape index (κ2) is 8.96. The maximum absolute atomic E-state index is 4.19. The van der Waals surface area contributed by atoms with Gasteiger partial charge in [-0.15, -0.1) is 0 Å². The largest absolute Gasteiger partial charge is 0.346 e. The molecule has 2 aliphatic rings. The molecule has 4 aromatic rings. The van der Waals surface area contributed by atoms with Crippen molar-refractivity contribution in [2.75, 3.05) is 0 Å². The Bertz CT molecular complexity index is 1220. The van der Waals surface area contributed by atoms with Crippen LogP contribution in [-0.4, -0.2) is 9.97 Å². The molecule has 2 nitrogen and oxygen atoms in total. The average molecular weight is 393 g/mol. The van der Waals surface area contributed by atoms with Crippen LogP contribution < -0.4 is 0 Å². The van der Waals surface area contributed by atoms with Gasteiger partial charge in [0.05, 0.1) is 0 Å². The fraction of sp³-hybridized carbons (Fsp3) is 0.179. The molecule has 0 bridgehead atoms. The highest BCUT2D eigenvalue weighted by molar-refractivity contribution is 5.75. The lowest BCUT2D eigenvalue weighted by Gasteiger charge is -2.00. The van der Waals surface area contributed by atoms with Crippen molar-refractivity contribution in [1.82, 2.24) is 9.97 Å². The zero-order valence-corrected chi connectivity index (χ0v) is 17.9. The second-order valence-electron chi connectivity index (χ2n) is 7.99. The number of nitrogens with zero attached hydrogens (tertiary/aromatic N) is 1. The summed E-state index contributed by atoms with van der Waals surface area (Å²) in [6, 6.07) is 17.2. The molecule has 0 aliphatic heterocycles. The summed E-state index contributed by atoms with van der Waals surface area (Å²) in [4.78, 5) is 7.22. The van der Waals surface area contributed by atoms with Crippen LogP contribution >= 0.6 is 0 Å². The molecular formula is C28H28N2. The molecule has 0 atom stereocenters. The summed E-state index contributed by atoms with van der Waals surface area (Å²) in [5, 5.41) is 1.18. The molecule has 2 aromatic heterocycles. The summed E-state index contributed by atoms with van der Waals surface area (Å²) >= 11 is 0. The minimum absolute atomic E-state index is 0.964. The van der Waals surface area contributed by atoms with Crippen molar-refractivity contribution in [2.24, 2.45) is 0 Å². The number of benzene rings is 2. The molecule has 1 N–H and O–H groups in total. The molecule has 2 heterocycles. The van der Waals surface area contributed by atoms with Gasteiger partial charge in [0.1, 0.15) is 5.65 Å². The summed E-state index contributed by atoms with van der Waals surface area (Å²) in [5.41, 5.74) is 10.7. The third-order valence-electron chi connectivity index (χ3n) is 5.51. The van der Waals surface area contributed by atoms with Crippen molar-refractivity contribution in [2.45, 2.75) is 33.6 Å². The first-order chi connectivity index (χ1) is 14.6. The minimum atomic E-state index is 0.964. The highest BCUT2D eigenvalue weighted by Gasteiger charge is 2.05. The fourth-order valence-corrected chi connectivity index (χ4v) is 3.88. The number of aryl methyl sites for hydroxylation is 3. The van der Waals surface area contributed by atoms with Gasteiger partial charge in [0.25, 0.3) is 0 Å². The van der Waals surface area contributed by atoms with Gasteiger partial charge in [-0.1, -0.05) is 66.3 Å².